The lowest BCUT2D eigenvalue weighted by Crippen LogP contribution is -2.49. The summed E-state index contributed by atoms with van der Waals surface area (Å²) in [6.45, 7) is 2.61. The number of fused-ring (bicyclic) bond motifs is 1. The van der Waals surface area contributed by atoms with Crippen LogP contribution in [0.25, 0.3) is 0 Å². The Bertz CT molecular complexity index is 524. The van der Waals surface area contributed by atoms with Crippen LogP contribution in [0.2, 0.25) is 0 Å². The molecule has 0 amide bonds. The van der Waals surface area contributed by atoms with Gasteiger partial charge in [0.1, 0.15) is 5.78 Å². The molecule has 2 fully saturated rings. The van der Waals surface area contributed by atoms with E-state index in [2.05, 4.69) is 0 Å². The fourth-order valence-corrected chi connectivity index (χ4v) is 3.60. The van der Waals surface area contributed by atoms with Gasteiger partial charge in [-0.2, -0.15) is 0 Å². The maximum Gasteiger partial charge on any atom is 0.184 e. The summed E-state index contributed by atoms with van der Waals surface area (Å²) in [4.78, 5) is 24.2. The summed E-state index contributed by atoms with van der Waals surface area (Å²) in [7, 11) is 0. The van der Waals surface area contributed by atoms with E-state index in [1.165, 1.54) is 13.0 Å². The molecule has 0 unspecified atom stereocenters. The Hall–Kier alpha value is -1.46. The summed E-state index contributed by atoms with van der Waals surface area (Å²) in [5.41, 5.74) is 0.356. The first-order valence-corrected chi connectivity index (χ1v) is 6.89. The highest BCUT2D eigenvalue weighted by Gasteiger charge is 2.55. The SMILES string of the molecule is CC(=O)[C@]12C/C(=C/O)C(=O)C=C1CCC1(C2)OCCO1. The number of aliphatic hydroxyl groups excluding tert-OH is 1. The van der Waals surface area contributed by atoms with Gasteiger partial charge >= 0.3 is 0 Å². The van der Waals surface area contributed by atoms with E-state index in [1.807, 2.05) is 0 Å². The van der Waals surface area contributed by atoms with Crippen LogP contribution in [0.4, 0.5) is 0 Å². The van der Waals surface area contributed by atoms with Crippen molar-refractivity contribution in [2.45, 2.75) is 38.4 Å². The highest BCUT2D eigenvalue weighted by atomic mass is 16.7. The minimum absolute atomic E-state index is 0.00576. The number of aliphatic hydroxyl groups is 1. The van der Waals surface area contributed by atoms with Gasteiger partial charge in [0.2, 0.25) is 0 Å². The second-order valence-electron chi connectivity index (χ2n) is 5.79. The van der Waals surface area contributed by atoms with Crippen LogP contribution in [0.15, 0.2) is 23.5 Å². The van der Waals surface area contributed by atoms with Crippen molar-refractivity contribution in [3.8, 4) is 0 Å². The van der Waals surface area contributed by atoms with Gasteiger partial charge in [0.15, 0.2) is 11.6 Å². The molecular formula is C15H18O5. The minimum Gasteiger partial charge on any atom is -0.515 e. The molecule has 5 nitrogen and oxygen atoms in total. The van der Waals surface area contributed by atoms with E-state index >= 15 is 0 Å². The summed E-state index contributed by atoms with van der Waals surface area (Å²) < 4.78 is 11.5. The van der Waals surface area contributed by atoms with E-state index in [1.54, 1.807) is 0 Å². The molecule has 0 aromatic carbocycles. The highest BCUT2D eigenvalue weighted by Crippen LogP contribution is 2.54. The average molecular weight is 278 g/mol. The third-order valence-electron chi connectivity index (χ3n) is 4.72. The van der Waals surface area contributed by atoms with Crippen molar-refractivity contribution in [2.24, 2.45) is 5.41 Å². The van der Waals surface area contributed by atoms with Crippen molar-refractivity contribution < 1.29 is 24.2 Å². The van der Waals surface area contributed by atoms with E-state index in [-0.39, 0.29) is 23.6 Å². The normalized spacial score (nSPS) is 34.1. The second-order valence-corrected chi connectivity index (χ2v) is 5.79. The van der Waals surface area contributed by atoms with Crippen molar-refractivity contribution in [3.05, 3.63) is 23.5 Å². The topological polar surface area (TPSA) is 72.8 Å². The zero-order valence-electron chi connectivity index (χ0n) is 11.5. The quantitative estimate of drug-likeness (QED) is 0.585. The molecule has 0 aromatic heterocycles. The number of hydrogen-bond donors (Lipinski definition) is 1. The predicted molar refractivity (Wildman–Crippen MR) is 70.0 cm³/mol. The fourth-order valence-electron chi connectivity index (χ4n) is 3.60. The lowest BCUT2D eigenvalue weighted by atomic mass is 9.60. The maximum atomic E-state index is 12.3. The Balaban J connectivity index is 2.04. The van der Waals surface area contributed by atoms with Crippen molar-refractivity contribution in [2.75, 3.05) is 13.2 Å². The number of allylic oxidation sites excluding steroid dienone is 3. The molecule has 0 aromatic rings. The molecule has 1 spiro atoms. The monoisotopic (exact) mass is 278 g/mol. The van der Waals surface area contributed by atoms with Gasteiger partial charge in [-0.3, -0.25) is 9.59 Å². The minimum atomic E-state index is -0.773. The molecule has 1 N–H and O–H groups in total. The third kappa shape index (κ3) is 1.84. The average Bonchev–Trinajstić information content (AvgIpc) is 2.86. The summed E-state index contributed by atoms with van der Waals surface area (Å²) in [5.74, 6) is -0.915. The van der Waals surface area contributed by atoms with Crippen LogP contribution in [-0.4, -0.2) is 35.7 Å². The molecule has 0 radical (unpaired) electrons. The van der Waals surface area contributed by atoms with Crippen molar-refractivity contribution in [3.63, 3.8) is 0 Å². The first-order chi connectivity index (χ1) is 9.51. The van der Waals surface area contributed by atoms with Gasteiger partial charge in [-0.25, -0.2) is 0 Å². The Kier molecular flexibility index (Phi) is 3.06. The van der Waals surface area contributed by atoms with E-state index in [9.17, 15) is 14.7 Å². The van der Waals surface area contributed by atoms with Crippen LogP contribution in [0.3, 0.4) is 0 Å². The Morgan fingerprint density at radius 2 is 2.10 bits per heavy atom. The van der Waals surface area contributed by atoms with E-state index < -0.39 is 11.2 Å². The molecule has 3 rings (SSSR count). The van der Waals surface area contributed by atoms with Gasteiger partial charge in [0.05, 0.1) is 24.9 Å². The molecule has 1 atom stereocenters. The Morgan fingerprint density at radius 1 is 1.40 bits per heavy atom. The van der Waals surface area contributed by atoms with Crippen LogP contribution in [0.5, 0.6) is 0 Å². The molecule has 1 heterocycles. The first-order valence-electron chi connectivity index (χ1n) is 6.89. The van der Waals surface area contributed by atoms with Gasteiger partial charge in [-0.05, 0) is 25.8 Å². The molecule has 108 valence electrons. The molecule has 5 heteroatoms. The first kappa shape index (κ1) is 13.5. The zero-order chi connectivity index (χ0) is 14.4. The lowest BCUT2D eigenvalue weighted by Gasteiger charge is -2.47. The summed E-state index contributed by atoms with van der Waals surface area (Å²) in [6.07, 6.45) is 4.26. The molecule has 1 saturated heterocycles. The summed E-state index contributed by atoms with van der Waals surface area (Å²) in [6, 6.07) is 0. The van der Waals surface area contributed by atoms with E-state index in [4.69, 9.17) is 9.47 Å². The number of ketones is 2. The van der Waals surface area contributed by atoms with Gasteiger partial charge < -0.3 is 14.6 Å². The number of carbonyl (C=O) groups excluding carboxylic acids is 2. The van der Waals surface area contributed by atoms with Gasteiger partial charge in [0.25, 0.3) is 0 Å². The smallest absolute Gasteiger partial charge is 0.184 e. The third-order valence-corrected chi connectivity index (χ3v) is 4.72. The predicted octanol–water partition coefficient (Wildman–Crippen LogP) is 1.83. The molecule has 0 bridgehead atoms. The highest BCUT2D eigenvalue weighted by molar-refractivity contribution is 6.08. The van der Waals surface area contributed by atoms with Gasteiger partial charge in [-0.1, -0.05) is 5.57 Å². The van der Waals surface area contributed by atoms with Crippen LogP contribution in [0.1, 0.15) is 32.6 Å². The van der Waals surface area contributed by atoms with Crippen molar-refractivity contribution in [1.82, 2.24) is 0 Å². The Labute approximate surface area is 117 Å². The van der Waals surface area contributed by atoms with Crippen LogP contribution >= 0.6 is 0 Å². The van der Waals surface area contributed by atoms with Crippen LogP contribution in [-0.2, 0) is 19.1 Å². The molecule has 1 saturated carbocycles. The van der Waals surface area contributed by atoms with Crippen molar-refractivity contribution in [1.29, 1.82) is 0 Å². The molecule has 2 aliphatic carbocycles. The number of ether oxygens (including phenoxy) is 2. The van der Waals surface area contributed by atoms with E-state index in [0.29, 0.717) is 32.5 Å². The van der Waals surface area contributed by atoms with Crippen LogP contribution in [0, 0.1) is 5.41 Å². The lowest BCUT2D eigenvalue weighted by molar-refractivity contribution is -0.193. The maximum absolute atomic E-state index is 12.3. The number of Topliss-reactive ketones (excluding diaryl/α,β-unsaturated/α-hetero) is 1. The van der Waals surface area contributed by atoms with E-state index in [0.717, 1.165) is 11.8 Å². The number of hydrogen-bond acceptors (Lipinski definition) is 5. The fraction of sp³-hybridized carbons (Fsp3) is 0.600. The summed E-state index contributed by atoms with van der Waals surface area (Å²) in [5, 5.41) is 9.22. The molecule has 3 aliphatic rings. The van der Waals surface area contributed by atoms with Crippen LogP contribution < -0.4 is 0 Å². The zero-order valence-corrected chi connectivity index (χ0v) is 11.5. The Morgan fingerprint density at radius 3 is 2.70 bits per heavy atom. The number of carbonyl (C=O) groups is 2. The second kappa shape index (κ2) is 4.53. The van der Waals surface area contributed by atoms with Crippen molar-refractivity contribution >= 4 is 11.6 Å². The molecule has 20 heavy (non-hydrogen) atoms. The molecule has 1 aliphatic heterocycles. The van der Waals surface area contributed by atoms with Gasteiger partial charge in [-0.15, -0.1) is 0 Å². The summed E-state index contributed by atoms with van der Waals surface area (Å²) >= 11 is 0. The largest absolute Gasteiger partial charge is 0.515 e. The molecular weight excluding hydrogens is 260 g/mol. The van der Waals surface area contributed by atoms with Gasteiger partial charge in [0, 0.05) is 18.4 Å². The number of rotatable bonds is 1. The standard InChI is InChI=1S/C15H18O5/c1-10(17)14-7-11(8-16)13(18)6-12(14)2-3-15(9-14)19-4-5-20-15/h6,8,16H,2-5,7,9H2,1H3/b11-8-/t14-/m1/s1.